The summed E-state index contributed by atoms with van der Waals surface area (Å²) >= 11 is 0. The van der Waals surface area contributed by atoms with Crippen LogP contribution >= 0.6 is 0 Å². The lowest BCUT2D eigenvalue weighted by Crippen LogP contribution is -2.31. The van der Waals surface area contributed by atoms with E-state index in [1.165, 1.54) is 4.68 Å². The molecule has 1 aliphatic rings. The average Bonchev–Trinajstić information content (AvgIpc) is 3.10. The Morgan fingerprint density at radius 1 is 1.55 bits per heavy atom. The van der Waals surface area contributed by atoms with Crippen molar-refractivity contribution in [3.05, 3.63) is 17.5 Å². The number of rotatable bonds is 5. The molecule has 1 fully saturated rings. The lowest BCUT2D eigenvalue weighted by Gasteiger charge is -2.13. The summed E-state index contributed by atoms with van der Waals surface area (Å²) < 4.78 is 39.5. The number of alkyl halides is 3. The van der Waals surface area contributed by atoms with E-state index in [4.69, 9.17) is 0 Å². The van der Waals surface area contributed by atoms with E-state index in [0.717, 1.165) is 18.9 Å². The largest absolute Gasteiger partial charge is 0.435 e. The summed E-state index contributed by atoms with van der Waals surface area (Å²) in [5, 5.41) is 6.30. The first-order chi connectivity index (χ1) is 9.32. The third kappa shape index (κ3) is 3.32. The topological polar surface area (TPSA) is 46.9 Å². The highest BCUT2D eigenvalue weighted by atomic mass is 19.4. The van der Waals surface area contributed by atoms with Gasteiger partial charge in [-0.1, -0.05) is 6.92 Å². The van der Waals surface area contributed by atoms with Gasteiger partial charge in [0.25, 0.3) is 0 Å². The van der Waals surface area contributed by atoms with E-state index in [0.29, 0.717) is 12.2 Å². The van der Waals surface area contributed by atoms with E-state index < -0.39 is 17.8 Å². The quantitative estimate of drug-likeness (QED) is 0.905. The van der Waals surface area contributed by atoms with Crippen LogP contribution in [0.15, 0.2) is 6.07 Å². The summed E-state index contributed by atoms with van der Waals surface area (Å²) in [6.45, 7) is 4.17. The second-order valence-electron chi connectivity index (χ2n) is 5.20. The maximum absolute atomic E-state index is 12.7. The van der Waals surface area contributed by atoms with Crippen molar-refractivity contribution in [3.63, 3.8) is 0 Å². The standard InChI is InChI=1S/C13H18F3N3O/c1-3-17-12(20)8(2)7-19-10(9-4-5-9)6-11(18-19)13(14,15)16/h6,8-9H,3-5,7H2,1-2H3,(H,17,20). The summed E-state index contributed by atoms with van der Waals surface area (Å²) in [7, 11) is 0. The predicted octanol–water partition coefficient (Wildman–Crippen LogP) is 2.55. The van der Waals surface area contributed by atoms with Crippen molar-refractivity contribution in [2.45, 2.75) is 45.3 Å². The van der Waals surface area contributed by atoms with Gasteiger partial charge in [-0.15, -0.1) is 0 Å². The Labute approximate surface area is 115 Å². The molecule has 0 radical (unpaired) electrons. The molecular weight excluding hydrogens is 271 g/mol. The Morgan fingerprint density at radius 2 is 2.20 bits per heavy atom. The van der Waals surface area contributed by atoms with Crippen LogP contribution in [0.3, 0.4) is 0 Å². The summed E-state index contributed by atoms with van der Waals surface area (Å²) in [4.78, 5) is 11.7. The number of hydrogen-bond donors (Lipinski definition) is 1. The van der Waals surface area contributed by atoms with Crippen molar-refractivity contribution < 1.29 is 18.0 Å². The summed E-state index contributed by atoms with van der Waals surface area (Å²) in [5.41, 5.74) is -0.282. The van der Waals surface area contributed by atoms with Crippen LogP contribution in [0, 0.1) is 5.92 Å². The minimum absolute atomic E-state index is 0.153. The van der Waals surface area contributed by atoms with Crippen LogP contribution in [0.5, 0.6) is 0 Å². The van der Waals surface area contributed by atoms with Crippen molar-refractivity contribution in [1.29, 1.82) is 0 Å². The summed E-state index contributed by atoms with van der Waals surface area (Å²) in [6.07, 6.45) is -2.67. The van der Waals surface area contributed by atoms with Gasteiger partial charge in [-0.3, -0.25) is 9.48 Å². The normalized spacial score (nSPS) is 17.1. The highest BCUT2D eigenvalue weighted by molar-refractivity contribution is 5.78. The smallest absolute Gasteiger partial charge is 0.356 e. The van der Waals surface area contributed by atoms with Gasteiger partial charge in [0.1, 0.15) is 0 Å². The lowest BCUT2D eigenvalue weighted by molar-refractivity contribution is -0.141. The van der Waals surface area contributed by atoms with Crippen LogP contribution in [0.4, 0.5) is 13.2 Å². The molecule has 1 atom stereocenters. The van der Waals surface area contributed by atoms with Crippen molar-refractivity contribution in [1.82, 2.24) is 15.1 Å². The SMILES string of the molecule is CCNC(=O)C(C)Cn1nc(C(F)(F)F)cc1C1CC1. The molecule has 1 heterocycles. The number of carbonyl (C=O) groups is 1. The molecule has 2 rings (SSSR count). The molecule has 0 bridgehead atoms. The molecule has 1 aliphatic carbocycles. The summed E-state index contributed by atoms with van der Waals surface area (Å²) in [6, 6.07) is 1.11. The zero-order valence-corrected chi connectivity index (χ0v) is 11.5. The molecule has 1 amide bonds. The van der Waals surface area contributed by atoms with E-state index in [-0.39, 0.29) is 18.4 Å². The van der Waals surface area contributed by atoms with E-state index in [9.17, 15) is 18.0 Å². The number of aromatic nitrogens is 2. The number of carbonyl (C=O) groups excluding carboxylic acids is 1. The van der Waals surface area contributed by atoms with Crippen molar-refractivity contribution in [2.75, 3.05) is 6.54 Å². The Bertz CT molecular complexity index is 492. The van der Waals surface area contributed by atoms with Crippen molar-refractivity contribution in [2.24, 2.45) is 5.92 Å². The van der Waals surface area contributed by atoms with Gasteiger partial charge in [0.2, 0.25) is 5.91 Å². The van der Waals surface area contributed by atoms with Crippen LogP contribution in [0.2, 0.25) is 0 Å². The maximum Gasteiger partial charge on any atom is 0.435 e. The number of amides is 1. The van der Waals surface area contributed by atoms with E-state index >= 15 is 0 Å². The van der Waals surface area contributed by atoms with Crippen molar-refractivity contribution >= 4 is 5.91 Å². The van der Waals surface area contributed by atoms with Crippen LogP contribution in [0.1, 0.15) is 44.0 Å². The third-order valence-electron chi connectivity index (χ3n) is 3.34. The molecule has 0 aromatic carbocycles. The predicted molar refractivity (Wildman–Crippen MR) is 67.1 cm³/mol. The molecular formula is C13H18F3N3O. The third-order valence-corrected chi connectivity index (χ3v) is 3.34. The molecule has 0 spiro atoms. The summed E-state index contributed by atoms with van der Waals surface area (Å²) in [5.74, 6) is -0.424. The fourth-order valence-electron chi connectivity index (χ4n) is 2.11. The second kappa shape index (κ2) is 5.46. The number of nitrogens with one attached hydrogen (secondary N) is 1. The molecule has 4 nitrogen and oxygen atoms in total. The van der Waals surface area contributed by atoms with Gasteiger partial charge in [-0.25, -0.2) is 0 Å². The fourth-order valence-corrected chi connectivity index (χ4v) is 2.11. The molecule has 1 unspecified atom stereocenters. The average molecular weight is 289 g/mol. The first-order valence-corrected chi connectivity index (χ1v) is 6.75. The number of hydrogen-bond acceptors (Lipinski definition) is 2. The lowest BCUT2D eigenvalue weighted by atomic mass is 10.1. The Hall–Kier alpha value is -1.53. The van der Waals surface area contributed by atoms with Gasteiger partial charge in [0.05, 0.1) is 12.5 Å². The van der Waals surface area contributed by atoms with Crippen LogP contribution in [-0.4, -0.2) is 22.2 Å². The maximum atomic E-state index is 12.7. The highest BCUT2D eigenvalue weighted by Gasteiger charge is 2.38. The van der Waals surface area contributed by atoms with E-state index in [1.807, 2.05) is 0 Å². The minimum atomic E-state index is -4.44. The second-order valence-corrected chi connectivity index (χ2v) is 5.20. The van der Waals surface area contributed by atoms with Gasteiger partial charge in [0, 0.05) is 18.2 Å². The Morgan fingerprint density at radius 3 is 2.70 bits per heavy atom. The molecule has 0 saturated heterocycles. The number of nitrogens with zero attached hydrogens (tertiary/aromatic N) is 2. The highest BCUT2D eigenvalue weighted by Crippen LogP contribution is 2.42. The molecule has 1 aromatic rings. The molecule has 112 valence electrons. The van der Waals surface area contributed by atoms with Gasteiger partial charge >= 0.3 is 6.18 Å². The first kappa shape index (κ1) is 14.9. The molecule has 1 N–H and O–H groups in total. The van der Waals surface area contributed by atoms with Crippen LogP contribution < -0.4 is 5.32 Å². The molecule has 1 aromatic heterocycles. The molecule has 1 saturated carbocycles. The van der Waals surface area contributed by atoms with Gasteiger partial charge < -0.3 is 5.32 Å². The van der Waals surface area contributed by atoms with E-state index in [2.05, 4.69) is 10.4 Å². The van der Waals surface area contributed by atoms with Crippen LogP contribution in [-0.2, 0) is 17.5 Å². The van der Waals surface area contributed by atoms with Crippen LogP contribution in [0.25, 0.3) is 0 Å². The fraction of sp³-hybridized carbons (Fsp3) is 0.692. The monoisotopic (exact) mass is 289 g/mol. The van der Waals surface area contributed by atoms with Crippen molar-refractivity contribution in [3.8, 4) is 0 Å². The Kier molecular flexibility index (Phi) is 4.06. The molecule has 7 heteroatoms. The molecule has 0 aliphatic heterocycles. The number of halogens is 3. The Balaban J connectivity index is 2.17. The minimum Gasteiger partial charge on any atom is -0.356 e. The zero-order valence-electron chi connectivity index (χ0n) is 11.5. The molecule has 20 heavy (non-hydrogen) atoms. The van der Waals surface area contributed by atoms with E-state index in [1.54, 1.807) is 13.8 Å². The van der Waals surface area contributed by atoms with Gasteiger partial charge in [0.15, 0.2) is 5.69 Å². The first-order valence-electron chi connectivity index (χ1n) is 6.75. The van der Waals surface area contributed by atoms with Gasteiger partial charge in [-0.2, -0.15) is 18.3 Å². The zero-order chi connectivity index (χ0) is 14.9. The van der Waals surface area contributed by atoms with Gasteiger partial charge in [-0.05, 0) is 25.8 Å².